The van der Waals surface area contributed by atoms with E-state index in [1.54, 1.807) is 24.3 Å². The summed E-state index contributed by atoms with van der Waals surface area (Å²) in [7, 11) is 1.48. The zero-order valence-corrected chi connectivity index (χ0v) is 20.1. The van der Waals surface area contributed by atoms with Crippen molar-refractivity contribution in [2.75, 3.05) is 17.7 Å². The summed E-state index contributed by atoms with van der Waals surface area (Å²) in [6.07, 6.45) is 1.16. The SMILES string of the molecule is COc1cccc(NC(=O)C(=O)N/N=C/c2ccc(CNC(=O)C(=O)Nc3cc(Cl)cc(Cl)c3)o2)c1. The summed E-state index contributed by atoms with van der Waals surface area (Å²) in [6.45, 7) is -0.0916. The summed E-state index contributed by atoms with van der Waals surface area (Å²) in [4.78, 5) is 47.9. The second-order valence-corrected chi connectivity index (χ2v) is 7.86. The zero-order valence-electron chi connectivity index (χ0n) is 18.6. The monoisotopic (exact) mass is 531 g/mol. The molecule has 0 bridgehead atoms. The molecule has 0 saturated carbocycles. The van der Waals surface area contributed by atoms with Crippen LogP contribution in [-0.4, -0.2) is 37.0 Å². The Bertz CT molecular complexity index is 1300. The lowest BCUT2D eigenvalue weighted by atomic mass is 10.3. The minimum atomic E-state index is -1.000. The van der Waals surface area contributed by atoms with Crippen LogP contribution in [0.5, 0.6) is 5.75 Å². The van der Waals surface area contributed by atoms with Crippen LogP contribution in [0.15, 0.2) is 64.1 Å². The molecular formula is C23H19Cl2N5O6. The molecule has 3 aromatic rings. The molecule has 0 atom stereocenters. The lowest BCUT2D eigenvalue weighted by Gasteiger charge is -2.06. The fourth-order valence-electron chi connectivity index (χ4n) is 2.71. The standard InChI is InChI=1S/C23H19Cl2N5O6/c1-35-17-4-2-3-15(10-17)28-22(33)23(34)30-27-12-19-6-5-18(36-19)11-26-20(31)21(32)29-16-8-13(24)7-14(25)9-16/h2-10,12H,11H2,1H3,(H,26,31)(H,28,33)(H,29,32)(H,30,34)/b27-12+. The Morgan fingerprint density at radius 2 is 1.58 bits per heavy atom. The quantitative estimate of drug-likeness (QED) is 0.209. The number of hydrogen-bond acceptors (Lipinski definition) is 7. The number of carbonyl (C=O) groups excluding carboxylic acids is 4. The van der Waals surface area contributed by atoms with Crippen LogP contribution < -0.4 is 26.1 Å². The van der Waals surface area contributed by atoms with Gasteiger partial charge in [0.15, 0.2) is 0 Å². The molecular weight excluding hydrogens is 513 g/mol. The predicted molar refractivity (Wildman–Crippen MR) is 133 cm³/mol. The Morgan fingerprint density at radius 3 is 2.31 bits per heavy atom. The normalized spacial score (nSPS) is 10.5. The van der Waals surface area contributed by atoms with Crippen LogP contribution in [0.3, 0.4) is 0 Å². The van der Waals surface area contributed by atoms with Crippen molar-refractivity contribution >= 4 is 64.4 Å². The topological polar surface area (TPSA) is 151 Å². The van der Waals surface area contributed by atoms with Crippen molar-refractivity contribution in [1.82, 2.24) is 10.7 Å². The first-order chi connectivity index (χ1) is 17.2. The zero-order chi connectivity index (χ0) is 26.1. The lowest BCUT2D eigenvalue weighted by Crippen LogP contribution is -2.34. The minimum Gasteiger partial charge on any atom is -0.497 e. The maximum Gasteiger partial charge on any atom is 0.329 e. The van der Waals surface area contributed by atoms with E-state index in [4.69, 9.17) is 32.4 Å². The molecule has 186 valence electrons. The van der Waals surface area contributed by atoms with Gasteiger partial charge in [-0.1, -0.05) is 29.3 Å². The number of hydrogen-bond donors (Lipinski definition) is 4. The number of carbonyl (C=O) groups is 4. The number of rotatable bonds is 7. The molecule has 13 heteroatoms. The maximum absolute atomic E-state index is 12.0. The van der Waals surface area contributed by atoms with Gasteiger partial charge in [0.25, 0.3) is 0 Å². The first-order valence-electron chi connectivity index (χ1n) is 10.2. The summed E-state index contributed by atoms with van der Waals surface area (Å²) < 4.78 is 10.5. The number of methoxy groups -OCH3 is 1. The van der Waals surface area contributed by atoms with Crippen molar-refractivity contribution in [2.24, 2.45) is 5.10 Å². The first kappa shape index (κ1) is 26.3. The third-order valence-electron chi connectivity index (χ3n) is 4.32. The molecule has 1 aromatic heterocycles. The highest BCUT2D eigenvalue weighted by atomic mass is 35.5. The molecule has 0 fully saturated rings. The van der Waals surface area contributed by atoms with E-state index >= 15 is 0 Å². The maximum atomic E-state index is 12.0. The summed E-state index contributed by atoms with van der Waals surface area (Å²) in [5, 5.41) is 11.5. The number of ether oxygens (including phenoxy) is 1. The Kier molecular flexibility index (Phi) is 9.03. The largest absolute Gasteiger partial charge is 0.497 e. The van der Waals surface area contributed by atoms with Gasteiger partial charge < -0.3 is 25.1 Å². The molecule has 4 N–H and O–H groups in total. The predicted octanol–water partition coefficient (Wildman–Crippen LogP) is 2.94. The van der Waals surface area contributed by atoms with Crippen molar-refractivity contribution in [3.8, 4) is 5.75 Å². The van der Waals surface area contributed by atoms with E-state index in [0.29, 0.717) is 27.2 Å². The highest BCUT2D eigenvalue weighted by Gasteiger charge is 2.15. The van der Waals surface area contributed by atoms with Gasteiger partial charge in [0.2, 0.25) is 0 Å². The van der Waals surface area contributed by atoms with Gasteiger partial charge in [-0.3, -0.25) is 19.2 Å². The molecule has 0 saturated heterocycles. The minimum absolute atomic E-state index is 0.0916. The molecule has 1 heterocycles. The Morgan fingerprint density at radius 1 is 0.889 bits per heavy atom. The fraction of sp³-hybridized carbons (Fsp3) is 0.0870. The third-order valence-corrected chi connectivity index (χ3v) is 4.76. The lowest BCUT2D eigenvalue weighted by molar-refractivity contribution is -0.136. The summed E-state index contributed by atoms with van der Waals surface area (Å²) >= 11 is 11.7. The van der Waals surface area contributed by atoms with E-state index in [-0.39, 0.29) is 18.0 Å². The number of nitrogens with zero attached hydrogens (tertiary/aromatic N) is 1. The Hall–Kier alpha value is -4.35. The first-order valence-corrected chi connectivity index (χ1v) is 10.9. The second-order valence-electron chi connectivity index (χ2n) is 6.98. The summed E-state index contributed by atoms with van der Waals surface area (Å²) in [5.41, 5.74) is 2.71. The molecule has 4 amide bonds. The number of halogens is 2. The van der Waals surface area contributed by atoms with Crippen molar-refractivity contribution in [2.45, 2.75) is 6.54 Å². The van der Waals surface area contributed by atoms with E-state index in [9.17, 15) is 19.2 Å². The van der Waals surface area contributed by atoms with Crippen molar-refractivity contribution in [3.63, 3.8) is 0 Å². The number of hydrazone groups is 1. The average molecular weight is 532 g/mol. The van der Waals surface area contributed by atoms with Gasteiger partial charge in [-0.05, 0) is 42.5 Å². The third kappa shape index (κ3) is 7.86. The number of furan rings is 1. The Balaban J connectivity index is 1.44. The van der Waals surface area contributed by atoms with Crippen molar-refractivity contribution in [3.05, 3.63) is 76.2 Å². The number of anilines is 2. The summed E-state index contributed by atoms with van der Waals surface area (Å²) in [5.74, 6) is -2.70. The molecule has 0 aliphatic heterocycles. The number of benzene rings is 2. The molecule has 0 aliphatic rings. The van der Waals surface area contributed by atoms with Crippen LogP contribution in [0.1, 0.15) is 11.5 Å². The van der Waals surface area contributed by atoms with Gasteiger partial charge in [0, 0.05) is 27.5 Å². The number of amides is 4. The van der Waals surface area contributed by atoms with Gasteiger partial charge in [-0.15, -0.1) is 0 Å². The van der Waals surface area contributed by atoms with Crippen LogP contribution in [0.4, 0.5) is 11.4 Å². The van der Waals surface area contributed by atoms with Crippen molar-refractivity contribution < 1.29 is 28.3 Å². The van der Waals surface area contributed by atoms with E-state index in [2.05, 4.69) is 26.5 Å². The van der Waals surface area contributed by atoms with Crippen LogP contribution >= 0.6 is 23.2 Å². The molecule has 0 radical (unpaired) electrons. The van der Waals surface area contributed by atoms with Crippen LogP contribution in [-0.2, 0) is 25.7 Å². The van der Waals surface area contributed by atoms with Crippen LogP contribution in [0.25, 0.3) is 0 Å². The smallest absolute Gasteiger partial charge is 0.329 e. The van der Waals surface area contributed by atoms with Crippen LogP contribution in [0, 0.1) is 0 Å². The van der Waals surface area contributed by atoms with Gasteiger partial charge in [-0.25, -0.2) is 5.43 Å². The highest BCUT2D eigenvalue weighted by molar-refractivity contribution is 6.40. The van der Waals surface area contributed by atoms with E-state index in [1.165, 1.54) is 37.4 Å². The van der Waals surface area contributed by atoms with E-state index < -0.39 is 23.6 Å². The van der Waals surface area contributed by atoms with E-state index in [1.807, 2.05) is 0 Å². The highest BCUT2D eigenvalue weighted by Crippen LogP contribution is 2.22. The second kappa shape index (κ2) is 12.4. The van der Waals surface area contributed by atoms with Gasteiger partial charge in [-0.2, -0.15) is 5.10 Å². The Labute approximate surface area is 214 Å². The molecule has 0 spiro atoms. The van der Waals surface area contributed by atoms with Crippen molar-refractivity contribution in [1.29, 1.82) is 0 Å². The van der Waals surface area contributed by atoms with Crippen LogP contribution in [0.2, 0.25) is 10.0 Å². The molecule has 0 aliphatic carbocycles. The number of nitrogens with one attached hydrogen (secondary N) is 4. The molecule has 2 aromatic carbocycles. The summed E-state index contributed by atoms with van der Waals surface area (Å²) in [6, 6.07) is 13.9. The molecule has 3 rings (SSSR count). The molecule has 0 unspecified atom stereocenters. The average Bonchev–Trinajstić information content (AvgIpc) is 3.29. The fourth-order valence-corrected chi connectivity index (χ4v) is 3.24. The molecule has 11 nitrogen and oxygen atoms in total. The van der Waals surface area contributed by atoms with Gasteiger partial charge in [0.1, 0.15) is 17.3 Å². The molecule has 36 heavy (non-hydrogen) atoms. The van der Waals surface area contributed by atoms with Gasteiger partial charge >= 0.3 is 23.6 Å². The van der Waals surface area contributed by atoms with Gasteiger partial charge in [0.05, 0.1) is 19.9 Å². The van der Waals surface area contributed by atoms with E-state index in [0.717, 1.165) is 6.21 Å².